The second kappa shape index (κ2) is 7.49. The molecule has 0 radical (unpaired) electrons. The lowest BCUT2D eigenvalue weighted by Gasteiger charge is -2.19. The van der Waals surface area contributed by atoms with Gasteiger partial charge in [0, 0.05) is 24.4 Å². The molecule has 7 heteroatoms. The van der Waals surface area contributed by atoms with Crippen LogP contribution in [-0.2, 0) is 6.54 Å². The molecule has 136 valence electrons. The summed E-state index contributed by atoms with van der Waals surface area (Å²) in [6, 6.07) is 11.9. The molecule has 3 aromatic rings. The van der Waals surface area contributed by atoms with E-state index in [1.807, 2.05) is 18.2 Å². The number of hydrogen-bond donors (Lipinski definition) is 1. The molecule has 0 saturated carbocycles. The maximum absolute atomic E-state index is 12.7. The molecule has 1 amide bonds. The number of carbonyl (C=O) groups excluding carboxylic acids is 1. The second-order valence-corrected chi connectivity index (χ2v) is 6.47. The maximum atomic E-state index is 12.7. The van der Waals surface area contributed by atoms with E-state index in [9.17, 15) is 9.59 Å². The summed E-state index contributed by atoms with van der Waals surface area (Å²) < 4.78 is 1.66. The average molecular weight is 361 g/mol. The summed E-state index contributed by atoms with van der Waals surface area (Å²) in [6.07, 6.45) is 5.56. The number of aromatic nitrogens is 4. The molecule has 0 saturated heterocycles. The van der Waals surface area contributed by atoms with Crippen molar-refractivity contribution in [1.29, 1.82) is 0 Å². The van der Waals surface area contributed by atoms with Crippen LogP contribution in [-0.4, -0.2) is 25.4 Å². The van der Waals surface area contributed by atoms with Crippen molar-refractivity contribution in [1.82, 2.24) is 24.8 Å². The van der Waals surface area contributed by atoms with E-state index in [2.05, 4.69) is 15.3 Å². The van der Waals surface area contributed by atoms with E-state index in [0.29, 0.717) is 29.3 Å². The Kier molecular flexibility index (Phi) is 4.74. The molecule has 4 rings (SSSR count). The van der Waals surface area contributed by atoms with E-state index in [1.54, 1.807) is 29.0 Å². The van der Waals surface area contributed by atoms with E-state index >= 15 is 0 Å². The minimum absolute atomic E-state index is 0.130. The molecule has 0 fully saturated rings. The van der Waals surface area contributed by atoms with Crippen molar-refractivity contribution >= 4 is 5.91 Å². The number of hydrogen-bond acceptors (Lipinski definition) is 5. The molecule has 7 nitrogen and oxygen atoms in total. The van der Waals surface area contributed by atoms with Crippen LogP contribution >= 0.6 is 0 Å². The summed E-state index contributed by atoms with van der Waals surface area (Å²) in [5, 5.41) is 3.04. The van der Waals surface area contributed by atoms with Crippen molar-refractivity contribution < 1.29 is 4.79 Å². The molecule has 27 heavy (non-hydrogen) atoms. The number of rotatable bonds is 3. The monoisotopic (exact) mass is 361 g/mol. The van der Waals surface area contributed by atoms with Gasteiger partial charge in [-0.2, -0.15) is 0 Å². The molecule has 0 bridgehead atoms. The molecule has 1 N–H and O–H groups in total. The van der Waals surface area contributed by atoms with Gasteiger partial charge in [-0.1, -0.05) is 18.2 Å². The van der Waals surface area contributed by atoms with Gasteiger partial charge < -0.3 is 5.32 Å². The molecule has 1 aromatic carbocycles. The molecule has 0 aliphatic carbocycles. The first-order chi connectivity index (χ1) is 13.2. The molecule has 1 atom stereocenters. The van der Waals surface area contributed by atoms with Crippen molar-refractivity contribution in [2.75, 3.05) is 0 Å². The normalized spacial score (nSPS) is 16.2. The fourth-order valence-corrected chi connectivity index (χ4v) is 3.30. The third kappa shape index (κ3) is 3.62. The minimum Gasteiger partial charge on any atom is -0.342 e. The molecule has 1 unspecified atom stereocenters. The van der Waals surface area contributed by atoms with Crippen molar-refractivity contribution in [2.45, 2.75) is 31.8 Å². The Hall–Kier alpha value is -3.35. The predicted molar refractivity (Wildman–Crippen MR) is 100 cm³/mol. The third-order valence-electron chi connectivity index (χ3n) is 4.66. The van der Waals surface area contributed by atoms with E-state index < -0.39 is 0 Å². The smallest absolute Gasteiger partial charge is 0.254 e. The number of nitrogens with zero attached hydrogens (tertiary/aromatic N) is 4. The van der Waals surface area contributed by atoms with Crippen LogP contribution in [0.2, 0.25) is 0 Å². The van der Waals surface area contributed by atoms with Gasteiger partial charge in [-0.25, -0.2) is 15.0 Å². The first-order valence-corrected chi connectivity index (χ1v) is 8.96. The van der Waals surface area contributed by atoms with Crippen LogP contribution in [0.3, 0.4) is 0 Å². The van der Waals surface area contributed by atoms with Crippen molar-refractivity contribution in [3.05, 3.63) is 76.7 Å². The highest BCUT2D eigenvalue weighted by atomic mass is 16.2. The third-order valence-corrected chi connectivity index (χ3v) is 4.66. The Morgan fingerprint density at radius 2 is 1.96 bits per heavy atom. The largest absolute Gasteiger partial charge is 0.342 e. The van der Waals surface area contributed by atoms with Crippen LogP contribution in [0.4, 0.5) is 0 Å². The van der Waals surface area contributed by atoms with Crippen LogP contribution < -0.4 is 10.9 Å². The van der Waals surface area contributed by atoms with Gasteiger partial charge in [-0.15, -0.1) is 0 Å². The number of carbonyl (C=O) groups is 1. The number of nitrogens with one attached hydrogen (secondary N) is 1. The van der Waals surface area contributed by atoms with Crippen molar-refractivity contribution in [3.8, 4) is 11.4 Å². The molecule has 3 heterocycles. The molecular weight excluding hydrogens is 342 g/mol. The standard InChI is InChI=1S/C20H19N5O2/c26-18-12-17(15-9-10-21-13-22-15)23-19-16(8-4-5-11-25(18)19)24-20(27)14-6-2-1-3-7-14/h1-3,6-7,9-10,12-13,16H,4-5,8,11H2,(H,24,27). The second-order valence-electron chi connectivity index (χ2n) is 6.47. The summed E-state index contributed by atoms with van der Waals surface area (Å²) in [4.78, 5) is 38.1. The number of fused-ring (bicyclic) bond motifs is 1. The van der Waals surface area contributed by atoms with Crippen LogP contribution in [0, 0.1) is 0 Å². The Morgan fingerprint density at radius 1 is 1.11 bits per heavy atom. The summed E-state index contributed by atoms with van der Waals surface area (Å²) in [6.45, 7) is 0.600. The molecule has 0 spiro atoms. The number of amides is 1. The van der Waals surface area contributed by atoms with Gasteiger partial charge >= 0.3 is 0 Å². The Morgan fingerprint density at radius 3 is 2.74 bits per heavy atom. The van der Waals surface area contributed by atoms with Crippen LogP contribution in [0.25, 0.3) is 11.4 Å². The van der Waals surface area contributed by atoms with E-state index in [-0.39, 0.29) is 17.5 Å². The lowest BCUT2D eigenvalue weighted by molar-refractivity contribution is 0.0932. The summed E-state index contributed by atoms with van der Waals surface area (Å²) in [5.74, 6) is 0.411. The Bertz CT molecular complexity index is 1000. The lowest BCUT2D eigenvalue weighted by Crippen LogP contribution is -2.34. The summed E-state index contributed by atoms with van der Waals surface area (Å²) in [7, 11) is 0. The van der Waals surface area contributed by atoms with Gasteiger partial charge in [-0.05, 0) is 37.5 Å². The molecule has 1 aliphatic rings. The van der Waals surface area contributed by atoms with E-state index in [4.69, 9.17) is 4.98 Å². The SMILES string of the molecule is O=C(NC1CCCCn2c1nc(-c1ccncn1)cc2=O)c1ccccc1. The zero-order valence-electron chi connectivity index (χ0n) is 14.7. The van der Waals surface area contributed by atoms with Gasteiger partial charge in [0.15, 0.2) is 0 Å². The Labute approximate surface area is 156 Å². The molecule has 1 aliphatic heterocycles. The van der Waals surface area contributed by atoms with E-state index in [0.717, 1.165) is 19.3 Å². The van der Waals surface area contributed by atoms with Crippen LogP contribution in [0.1, 0.15) is 41.5 Å². The summed E-state index contributed by atoms with van der Waals surface area (Å²) in [5.41, 5.74) is 1.54. The number of benzene rings is 1. The summed E-state index contributed by atoms with van der Waals surface area (Å²) >= 11 is 0. The topological polar surface area (TPSA) is 89.8 Å². The van der Waals surface area contributed by atoms with Gasteiger partial charge in [-0.3, -0.25) is 14.2 Å². The van der Waals surface area contributed by atoms with Crippen LogP contribution in [0.15, 0.2) is 59.8 Å². The predicted octanol–water partition coefficient (Wildman–Crippen LogP) is 2.36. The average Bonchev–Trinajstić information content (AvgIpc) is 2.92. The lowest BCUT2D eigenvalue weighted by atomic mass is 10.1. The molecular formula is C20H19N5O2. The first kappa shape index (κ1) is 17.1. The van der Waals surface area contributed by atoms with Crippen LogP contribution in [0.5, 0.6) is 0 Å². The molecule has 2 aromatic heterocycles. The fourth-order valence-electron chi connectivity index (χ4n) is 3.30. The zero-order chi connectivity index (χ0) is 18.6. The fraction of sp³-hybridized carbons (Fsp3) is 0.250. The quantitative estimate of drug-likeness (QED) is 0.773. The van der Waals surface area contributed by atoms with Gasteiger partial charge in [0.25, 0.3) is 11.5 Å². The zero-order valence-corrected chi connectivity index (χ0v) is 14.7. The maximum Gasteiger partial charge on any atom is 0.254 e. The highest BCUT2D eigenvalue weighted by molar-refractivity contribution is 5.94. The van der Waals surface area contributed by atoms with Gasteiger partial charge in [0.2, 0.25) is 0 Å². The van der Waals surface area contributed by atoms with Crippen molar-refractivity contribution in [2.24, 2.45) is 0 Å². The highest BCUT2D eigenvalue weighted by Gasteiger charge is 2.24. The van der Waals surface area contributed by atoms with Crippen molar-refractivity contribution in [3.63, 3.8) is 0 Å². The highest BCUT2D eigenvalue weighted by Crippen LogP contribution is 2.24. The Balaban J connectivity index is 1.72. The van der Waals surface area contributed by atoms with E-state index in [1.165, 1.54) is 12.4 Å². The minimum atomic E-state index is -0.324. The van der Waals surface area contributed by atoms with Gasteiger partial charge in [0.1, 0.15) is 12.2 Å². The van der Waals surface area contributed by atoms with Gasteiger partial charge in [0.05, 0.1) is 17.4 Å². The first-order valence-electron chi connectivity index (χ1n) is 8.96.